The molecule has 2 heterocycles. The highest BCUT2D eigenvalue weighted by atomic mass is 16.6. The zero-order chi connectivity index (χ0) is 20.2. The minimum atomic E-state index is -0.562. The molecule has 2 aliphatic rings. The maximum atomic E-state index is 12.3. The highest BCUT2D eigenvalue weighted by Crippen LogP contribution is 2.32. The van der Waals surface area contributed by atoms with Crippen LogP contribution in [0.3, 0.4) is 0 Å². The molecule has 0 fully saturated rings. The molecular weight excluding hydrogens is 378 g/mol. The van der Waals surface area contributed by atoms with Crippen molar-refractivity contribution in [2.24, 2.45) is 0 Å². The molecule has 2 aromatic rings. The lowest BCUT2D eigenvalue weighted by Crippen LogP contribution is -2.40. The molecule has 0 N–H and O–H groups in total. The van der Waals surface area contributed by atoms with Crippen molar-refractivity contribution in [2.75, 3.05) is 37.9 Å². The summed E-state index contributed by atoms with van der Waals surface area (Å²) in [6, 6.07) is 12.0. The second-order valence-corrected chi connectivity index (χ2v) is 6.49. The summed E-state index contributed by atoms with van der Waals surface area (Å²) in [7, 11) is 0. The Morgan fingerprint density at radius 2 is 1.76 bits per heavy atom. The quantitative estimate of drug-likeness (QED) is 0.544. The van der Waals surface area contributed by atoms with E-state index in [0.717, 1.165) is 0 Å². The molecule has 2 aliphatic heterocycles. The number of ether oxygens (including phenoxy) is 4. The van der Waals surface area contributed by atoms with Gasteiger partial charge in [0.1, 0.15) is 19.0 Å². The number of carbonyl (C=O) groups excluding carboxylic acids is 3. The van der Waals surface area contributed by atoms with Crippen molar-refractivity contribution >= 4 is 23.3 Å². The standard InChI is InChI=1S/C21H19NO7/c23-16(14-5-6-18-19(11-14)27-10-9-26-18)12-29-21(25)7-8-22-15-3-1-2-4-17(15)28-13-20(22)24/h1-6,11H,7-10,12-13H2. The second-order valence-electron chi connectivity index (χ2n) is 6.49. The van der Waals surface area contributed by atoms with Gasteiger partial charge in [-0.25, -0.2) is 0 Å². The smallest absolute Gasteiger partial charge is 0.308 e. The van der Waals surface area contributed by atoms with E-state index in [1.165, 1.54) is 4.90 Å². The number of hydrogen-bond acceptors (Lipinski definition) is 7. The minimum absolute atomic E-state index is 0.0332. The molecule has 0 aromatic heterocycles. The van der Waals surface area contributed by atoms with E-state index in [0.29, 0.717) is 41.7 Å². The van der Waals surface area contributed by atoms with Gasteiger partial charge in [-0.2, -0.15) is 0 Å². The van der Waals surface area contributed by atoms with E-state index >= 15 is 0 Å². The number of Topliss-reactive ketones (excluding diaryl/α,β-unsaturated/α-hetero) is 1. The van der Waals surface area contributed by atoms with E-state index in [4.69, 9.17) is 18.9 Å². The normalized spacial score (nSPS) is 14.6. The average molecular weight is 397 g/mol. The molecule has 0 saturated heterocycles. The zero-order valence-electron chi connectivity index (χ0n) is 15.6. The highest BCUT2D eigenvalue weighted by Gasteiger charge is 2.25. The SMILES string of the molecule is O=C(CCN1C(=O)COc2ccccc21)OCC(=O)c1ccc2c(c1)OCCO2. The monoisotopic (exact) mass is 397 g/mol. The van der Waals surface area contributed by atoms with Crippen molar-refractivity contribution in [3.63, 3.8) is 0 Å². The Hall–Kier alpha value is -3.55. The number of esters is 1. The number of benzene rings is 2. The van der Waals surface area contributed by atoms with Crippen LogP contribution in [0.15, 0.2) is 42.5 Å². The average Bonchev–Trinajstić information content (AvgIpc) is 2.76. The molecule has 1 amide bonds. The summed E-state index contributed by atoms with van der Waals surface area (Å²) < 4.78 is 21.3. The van der Waals surface area contributed by atoms with Crippen LogP contribution < -0.4 is 19.1 Å². The van der Waals surface area contributed by atoms with Crippen molar-refractivity contribution in [1.82, 2.24) is 0 Å². The van der Waals surface area contributed by atoms with Crippen molar-refractivity contribution < 1.29 is 33.3 Å². The third-order valence-electron chi connectivity index (χ3n) is 4.58. The topological polar surface area (TPSA) is 91.4 Å². The molecule has 0 unspecified atom stereocenters. The van der Waals surface area contributed by atoms with Crippen LogP contribution in [0.1, 0.15) is 16.8 Å². The fraction of sp³-hybridized carbons (Fsp3) is 0.286. The molecule has 4 rings (SSSR count). The summed E-state index contributed by atoms with van der Waals surface area (Å²) in [6.07, 6.45) is -0.0332. The molecule has 150 valence electrons. The van der Waals surface area contributed by atoms with Crippen LogP contribution in [0, 0.1) is 0 Å². The highest BCUT2D eigenvalue weighted by molar-refractivity contribution is 5.99. The summed E-state index contributed by atoms with van der Waals surface area (Å²) in [5.41, 5.74) is 0.989. The summed E-state index contributed by atoms with van der Waals surface area (Å²) in [5.74, 6) is 0.534. The van der Waals surface area contributed by atoms with Crippen LogP contribution in [0.25, 0.3) is 0 Å². The molecule has 2 aromatic carbocycles. The number of hydrogen-bond donors (Lipinski definition) is 0. The number of rotatable bonds is 6. The molecule has 8 heteroatoms. The Kier molecular flexibility index (Phi) is 5.33. The number of para-hydroxylation sites is 2. The number of fused-ring (bicyclic) bond motifs is 2. The first-order valence-electron chi connectivity index (χ1n) is 9.22. The van der Waals surface area contributed by atoms with Gasteiger partial charge in [-0.05, 0) is 30.3 Å². The molecule has 0 radical (unpaired) electrons. The fourth-order valence-electron chi connectivity index (χ4n) is 3.12. The minimum Gasteiger partial charge on any atom is -0.486 e. The van der Waals surface area contributed by atoms with Gasteiger partial charge in [0.05, 0.1) is 12.1 Å². The van der Waals surface area contributed by atoms with E-state index in [-0.39, 0.29) is 37.9 Å². The number of anilines is 1. The second kappa shape index (κ2) is 8.22. The zero-order valence-corrected chi connectivity index (χ0v) is 15.6. The predicted octanol–water partition coefficient (Wildman–Crippen LogP) is 2.00. The maximum absolute atomic E-state index is 12.3. The lowest BCUT2D eigenvalue weighted by atomic mass is 10.1. The number of ketones is 1. The van der Waals surface area contributed by atoms with Crippen LogP contribution in [-0.4, -0.2) is 50.6 Å². The number of carbonyl (C=O) groups is 3. The molecule has 0 spiro atoms. The van der Waals surface area contributed by atoms with Gasteiger partial charge in [0, 0.05) is 12.1 Å². The number of amides is 1. The van der Waals surface area contributed by atoms with E-state index in [9.17, 15) is 14.4 Å². The summed E-state index contributed by atoms with van der Waals surface area (Å²) >= 11 is 0. The van der Waals surface area contributed by atoms with E-state index in [1.54, 1.807) is 36.4 Å². The molecule has 8 nitrogen and oxygen atoms in total. The van der Waals surface area contributed by atoms with Gasteiger partial charge in [0.15, 0.2) is 30.5 Å². The Balaban J connectivity index is 1.30. The Bertz CT molecular complexity index is 956. The molecule has 0 bridgehead atoms. The summed E-state index contributed by atoms with van der Waals surface area (Å²) in [6.45, 7) is 0.577. The Morgan fingerprint density at radius 1 is 0.966 bits per heavy atom. The maximum Gasteiger partial charge on any atom is 0.308 e. The third-order valence-corrected chi connectivity index (χ3v) is 4.58. The van der Waals surface area contributed by atoms with Gasteiger partial charge in [-0.3, -0.25) is 14.4 Å². The van der Waals surface area contributed by atoms with Crippen molar-refractivity contribution in [1.29, 1.82) is 0 Å². The van der Waals surface area contributed by atoms with Crippen molar-refractivity contribution in [2.45, 2.75) is 6.42 Å². The van der Waals surface area contributed by atoms with Crippen molar-refractivity contribution in [3.8, 4) is 17.2 Å². The van der Waals surface area contributed by atoms with Gasteiger partial charge in [0.2, 0.25) is 0 Å². The first-order chi connectivity index (χ1) is 14.1. The van der Waals surface area contributed by atoms with Gasteiger partial charge in [-0.15, -0.1) is 0 Å². The van der Waals surface area contributed by atoms with Gasteiger partial charge < -0.3 is 23.8 Å². The Labute approximate surface area is 166 Å². The van der Waals surface area contributed by atoms with Crippen LogP contribution in [0.2, 0.25) is 0 Å². The predicted molar refractivity (Wildman–Crippen MR) is 102 cm³/mol. The first kappa shape index (κ1) is 18.8. The van der Waals surface area contributed by atoms with E-state index in [2.05, 4.69) is 0 Å². The molecule has 0 saturated carbocycles. The van der Waals surface area contributed by atoms with E-state index in [1.807, 2.05) is 6.07 Å². The van der Waals surface area contributed by atoms with E-state index < -0.39 is 5.97 Å². The first-order valence-corrected chi connectivity index (χ1v) is 9.22. The molecule has 0 aliphatic carbocycles. The number of nitrogens with zero attached hydrogens (tertiary/aromatic N) is 1. The van der Waals surface area contributed by atoms with Crippen LogP contribution in [0.5, 0.6) is 17.2 Å². The van der Waals surface area contributed by atoms with Crippen LogP contribution in [-0.2, 0) is 14.3 Å². The lowest BCUT2D eigenvalue weighted by Gasteiger charge is -2.28. The van der Waals surface area contributed by atoms with Gasteiger partial charge >= 0.3 is 5.97 Å². The molecule has 0 atom stereocenters. The Morgan fingerprint density at radius 3 is 2.62 bits per heavy atom. The third kappa shape index (κ3) is 4.16. The molecule has 29 heavy (non-hydrogen) atoms. The van der Waals surface area contributed by atoms with Crippen LogP contribution in [0.4, 0.5) is 5.69 Å². The largest absolute Gasteiger partial charge is 0.486 e. The van der Waals surface area contributed by atoms with Crippen LogP contribution >= 0.6 is 0 Å². The summed E-state index contributed by atoms with van der Waals surface area (Å²) in [4.78, 5) is 38.0. The summed E-state index contributed by atoms with van der Waals surface area (Å²) in [5, 5.41) is 0. The fourth-order valence-corrected chi connectivity index (χ4v) is 3.12. The van der Waals surface area contributed by atoms with Gasteiger partial charge in [0.25, 0.3) is 5.91 Å². The molecular formula is C21H19NO7. The lowest BCUT2D eigenvalue weighted by molar-refractivity contribution is -0.142. The van der Waals surface area contributed by atoms with Crippen molar-refractivity contribution in [3.05, 3.63) is 48.0 Å². The van der Waals surface area contributed by atoms with Gasteiger partial charge in [-0.1, -0.05) is 12.1 Å².